The van der Waals surface area contributed by atoms with Crippen LogP contribution in [-0.4, -0.2) is 63.6 Å². The summed E-state index contributed by atoms with van der Waals surface area (Å²) < 4.78 is 1.30. The smallest absolute Gasteiger partial charge is 0.256 e. The summed E-state index contributed by atoms with van der Waals surface area (Å²) in [6, 6.07) is 3.19. The first-order valence-corrected chi connectivity index (χ1v) is 7.63. The largest absolute Gasteiger partial charge is 0.378 e. The Balaban J connectivity index is 2.16. The second kappa shape index (κ2) is 6.54. The molecule has 2 rings (SSSR count). The van der Waals surface area contributed by atoms with Crippen molar-refractivity contribution in [3.05, 3.63) is 34.2 Å². The summed E-state index contributed by atoms with van der Waals surface area (Å²) in [5, 5.41) is 10.6. The number of likely N-dealkylation sites (N-methyl/N-ethyl adjacent to an activating group) is 1. The highest BCUT2D eigenvalue weighted by Gasteiger charge is 2.36. The van der Waals surface area contributed by atoms with Gasteiger partial charge in [0.2, 0.25) is 5.91 Å². The van der Waals surface area contributed by atoms with Gasteiger partial charge in [0.25, 0.3) is 11.5 Å². The molecule has 1 saturated heterocycles. The van der Waals surface area contributed by atoms with Gasteiger partial charge in [0.05, 0.1) is 13.1 Å². The first-order chi connectivity index (χ1) is 10.7. The van der Waals surface area contributed by atoms with E-state index in [0.29, 0.717) is 19.5 Å². The molecule has 1 aliphatic rings. The Morgan fingerprint density at radius 2 is 2.04 bits per heavy atom. The Morgan fingerprint density at radius 3 is 2.70 bits per heavy atom. The van der Waals surface area contributed by atoms with Gasteiger partial charge in [0, 0.05) is 32.4 Å². The highest BCUT2D eigenvalue weighted by molar-refractivity contribution is 5.89. The molecule has 0 spiro atoms. The fourth-order valence-corrected chi connectivity index (χ4v) is 2.64. The quantitative estimate of drug-likeness (QED) is 0.821. The van der Waals surface area contributed by atoms with Crippen LogP contribution in [-0.2, 0) is 16.1 Å². The van der Waals surface area contributed by atoms with Gasteiger partial charge in [-0.05, 0) is 31.9 Å². The summed E-state index contributed by atoms with van der Waals surface area (Å²) >= 11 is 0. The predicted octanol–water partition coefficient (Wildman–Crippen LogP) is -0.402. The van der Waals surface area contributed by atoms with E-state index in [-0.39, 0.29) is 24.6 Å². The minimum absolute atomic E-state index is 0.0473. The molecule has 1 fully saturated rings. The molecule has 0 aliphatic carbocycles. The SMILES string of the molecule is Cc1ccn(CC(C)(O)C(=O)N2CCCN(C)C(=O)C2)c(=O)c1. The van der Waals surface area contributed by atoms with Gasteiger partial charge in [-0.3, -0.25) is 14.4 Å². The van der Waals surface area contributed by atoms with Crippen molar-refractivity contribution in [2.45, 2.75) is 32.4 Å². The molecule has 0 bridgehead atoms. The molecule has 0 aromatic carbocycles. The topological polar surface area (TPSA) is 82.8 Å². The van der Waals surface area contributed by atoms with Crippen molar-refractivity contribution in [1.29, 1.82) is 0 Å². The van der Waals surface area contributed by atoms with Crippen LogP contribution < -0.4 is 5.56 Å². The molecular weight excluding hydrogens is 298 g/mol. The number of aromatic nitrogens is 1. The van der Waals surface area contributed by atoms with Gasteiger partial charge in [0.1, 0.15) is 0 Å². The lowest BCUT2D eigenvalue weighted by Crippen LogP contribution is -2.52. The molecule has 1 unspecified atom stereocenters. The molecule has 2 heterocycles. The van der Waals surface area contributed by atoms with E-state index in [1.54, 1.807) is 31.1 Å². The molecule has 1 aromatic heterocycles. The average molecular weight is 321 g/mol. The van der Waals surface area contributed by atoms with Crippen molar-refractivity contribution in [3.63, 3.8) is 0 Å². The summed E-state index contributed by atoms with van der Waals surface area (Å²) in [7, 11) is 1.69. The van der Waals surface area contributed by atoms with Crippen LogP contribution in [0.4, 0.5) is 0 Å². The first kappa shape index (κ1) is 17.2. The number of carbonyl (C=O) groups excluding carboxylic acids is 2. The van der Waals surface area contributed by atoms with Crippen molar-refractivity contribution < 1.29 is 14.7 Å². The molecule has 0 radical (unpaired) electrons. The van der Waals surface area contributed by atoms with Gasteiger partial charge < -0.3 is 19.5 Å². The molecular formula is C16H23N3O4. The molecule has 1 aromatic rings. The zero-order valence-corrected chi connectivity index (χ0v) is 13.8. The molecule has 1 atom stereocenters. The predicted molar refractivity (Wildman–Crippen MR) is 84.9 cm³/mol. The lowest BCUT2D eigenvalue weighted by molar-refractivity contribution is -0.153. The highest BCUT2D eigenvalue weighted by atomic mass is 16.3. The van der Waals surface area contributed by atoms with E-state index in [1.807, 2.05) is 0 Å². The minimum atomic E-state index is -1.75. The minimum Gasteiger partial charge on any atom is -0.378 e. The molecule has 23 heavy (non-hydrogen) atoms. The van der Waals surface area contributed by atoms with E-state index in [1.165, 1.54) is 22.5 Å². The van der Waals surface area contributed by atoms with E-state index in [2.05, 4.69) is 0 Å². The van der Waals surface area contributed by atoms with Crippen LogP contribution in [0, 0.1) is 6.92 Å². The van der Waals surface area contributed by atoms with E-state index < -0.39 is 11.5 Å². The van der Waals surface area contributed by atoms with Crippen LogP contribution in [0.2, 0.25) is 0 Å². The molecule has 1 aliphatic heterocycles. The lowest BCUT2D eigenvalue weighted by Gasteiger charge is -2.30. The fraction of sp³-hybridized carbons (Fsp3) is 0.562. The molecule has 1 N–H and O–H groups in total. The Hall–Kier alpha value is -2.15. The number of hydrogen-bond acceptors (Lipinski definition) is 4. The normalized spacial score (nSPS) is 18.5. The Kier molecular flexibility index (Phi) is 4.89. The van der Waals surface area contributed by atoms with E-state index >= 15 is 0 Å². The van der Waals surface area contributed by atoms with E-state index in [4.69, 9.17) is 0 Å². The summed E-state index contributed by atoms with van der Waals surface area (Å²) in [5.41, 5.74) is -1.20. The molecule has 7 heteroatoms. The van der Waals surface area contributed by atoms with Crippen LogP contribution in [0.5, 0.6) is 0 Å². The van der Waals surface area contributed by atoms with Crippen molar-refractivity contribution in [1.82, 2.24) is 14.4 Å². The Bertz CT molecular complexity index is 666. The van der Waals surface area contributed by atoms with Crippen LogP contribution in [0.1, 0.15) is 18.9 Å². The zero-order valence-electron chi connectivity index (χ0n) is 13.8. The fourth-order valence-electron chi connectivity index (χ4n) is 2.64. The molecule has 126 valence electrons. The van der Waals surface area contributed by atoms with Gasteiger partial charge in [0.15, 0.2) is 5.60 Å². The van der Waals surface area contributed by atoms with Crippen molar-refractivity contribution in [2.24, 2.45) is 0 Å². The third kappa shape index (κ3) is 3.98. The standard InChI is InChI=1S/C16H23N3O4/c1-12-5-8-19(13(20)9-12)11-16(2,23)15(22)18-7-4-6-17(3)14(21)10-18/h5,8-9,23H,4,6-7,10-11H2,1-3H3. The van der Waals surface area contributed by atoms with Gasteiger partial charge in [-0.15, -0.1) is 0 Å². The van der Waals surface area contributed by atoms with Crippen LogP contribution in [0.3, 0.4) is 0 Å². The van der Waals surface area contributed by atoms with Crippen molar-refractivity contribution in [2.75, 3.05) is 26.7 Å². The van der Waals surface area contributed by atoms with E-state index in [9.17, 15) is 19.5 Å². The highest BCUT2D eigenvalue weighted by Crippen LogP contribution is 2.14. The second-order valence-electron chi connectivity index (χ2n) is 6.34. The first-order valence-electron chi connectivity index (χ1n) is 7.63. The van der Waals surface area contributed by atoms with Gasteiger partial charge >= 0.3 is 0 Å². The van der Waals surface area contributed by atoms with Gasteiger partial charge in [-0.1, -0.05) is 0 Å². The number of aliphatic hydroxyl groups is 1. The molecule has 7 nitrogen and oxygen atoms in total. The maximum absolute atomic E-state index is 12.6. The maximum Gasteiger partial charge on any atom is 0.256 e. The zero-order chi connectivity index (χ0) is 17.2. The van der Waals surface area contributed by atoms with Gasteiger partial charge in [-0.2, -0.15) is 0 Å². The Labute approximate surface area is 135 Å². The number of pyridine rings is 1. The van der Waals surface area contributed by atoms with E-state index in [0.717, 1.165) is 5.56 Å². The maximum atomic E-state index is 12.6. The average Bonchev–Trinajstić information content (AvgIpc) is 2.63. The lowest BCUT2D eigenvalue weighted by atomic mass is 10.0. The summed E-state index contributed by atoms with van der Waals surface area (Å²) in [4.78, 5) is 39.4. The Morgan fingerprint density at radius 1 is 1.35 bits per heavy atom. The molecule has 2 amide bonds. The number of carbonyl (C=O) groups is 2. The third-order valence-corrected chi connectivity index (χ3v) is 4.05. The van der Waals surface area contributed by atoms with Crippen molar-refractivity contribution in [3.8, 4) is 0 Å². The molecule has 0 saturated carbocycles. The van der Waals surface area contributed by atoms with Crippen molar-refractivity contribution >= 4 is 11.8 Å². The third-order valence-electron chi connectivity index (χ3n) is 4.05. The van der Waals surface area contributed by atoms with Crippen LogP contribution in [0.15, 0.2) is 23.1 Å². The number of hydrogen-bond donors (Lipinski definition) is 1. The number of nitrogens with zero attached hydrogens (tertiary/aromatic N) is 3. The second-order valence-corrected chi connectivity index (χ2v) is 6.34. The summed E-state index contributed by atoms with van der Waals surface area (Å²) in [5.74, 6) is -0.687. The number of aryl methyl sites for hydroxylation is 1. The van der Waals surface area contributed by atoms with Crippen LogP contribution in [0.25, 0.3) is 0 Å². The van der Waals surface area contributed by atoms with Crippen LogP contribution >= 0.6 is 0 Å². The number of amides is 2. The number of rotatable bonds is 3. The van der Waals surface area contributed by atoms with Gasteiger partial charge in [-0.25, -0.2) is 0 Å². The summed E-state index contributed by atoms with van der Waals surface area (Å²) in [6.45, 7) is 3.98. The summed E-state index contributed by atoms with van der Waals surface area (Å²) in [6.07, 6.45) is 2.22. The monoisotopic (exact) mass is 321 g/mol.